The van der Waals surface area contributed by atoms with Gasteiger partial charge in [-0.25, -0.2) is 4.39 Å². The summed E-state index contributed by atoms with van der Waals surface area (Å²) in [7, 11) is 0. The minimum Gasteiger partial charge on any atom is -0.459 e. The molecule has 1 atom stereocenters. The van der Waals surface area contributed by atoms with Gasteiger partial charge in [-0.3, -0.25) is 0 Å². The van der Waals surface area contributed by atoms with Crippen molar-refractivity contribution in [2.45, 2.75) is 32.7 Å². The third-order valence-electron chi connectivity index (χ3n) is 3.11. The van der Waals surface area contributed by atoms with E-state index in [2.05, 4.69) is 19.2 Å². The maximum Gasteiger partial charge on any atom is 0.134 e. The van der Waals surface area contributed by atoms with Crippen molar-refractivity contribution in [3.05, 3.63) is 35.8 Å². The van der Waals surface area contributed by atoms with Crippen molar-refractivity contribution in [3.63, 3.8) is 0 Å². The summed E-state index contributed by atoms with van der Waals surface area (Å²) in [5.41, 5.74) is 0.709. The van der Waals surface area contributed by atoms with Crippen LogP contribution in [0, 0.1) is 5.82 Å². The van der Waals surface area contributed by atoms with Gasteiger partial charge in [-0.05, 0) is 43.7 Å². The molecule has 1 N–H and O–H groups in total. The van der Waals surface area contributed by atoms with Crippen LogP contribution >= 0.6 is 0 Å². The fourth-order valence-corrected chi connectivity index (χ4v) is 2.11. The molecule has 0 aliphatic heterocycles. The first-order valence-electron chi connectivity index (χ1n) is 7.24. The topological polar surface area (TPSA) is 34.4 Å². The predicted octanol–water partition coefficient (Wildman–Crippen LogP) is 4.04. The second kappa shape index (κ2) is 7.41. The molecule has 20 heavy (non-hydrogen) atoms. The molecule has 0 aliphatic carbocycles. The van der Waals surface area contributed by atoms with Gasteiger partial charge in [0.1, 0.15) is 17.2 Å². The number of fused-ring (bicyclic) bond motifs is 1. The highest BCUT2D eigenvalue weighted by atomic mass is 19.1. The number of halogens is 1. The zero-order chi connectivity index (χ0) is 14.4. The molecule has 0 bridgehead atoms. The van der Waals surface area contributed by atoms with Gasteiger partial charge in [0, 0.05) is 12.0 Å². The molecule has 0 radical (unpaired) electrons. The molecule has 110 valence electrons. The molecule has 0 fully saturated rings. The van der Waals surface area contributed by atoms with E-state index in [4.69, 9.17) is 9.15 Å². The van der Waals surface area contributed by atoms with Gasteiger partial charge in [0.25, 0.3) is 0 Å². The lowest BCUT2D eigenvalue weighted by Crippen LogP contribution is -2.26. The zero-order valence-corrected chi connectivity index (χ0v) is 12.1. The van der Waals surface area contributed by atoms with Gasteiger partial charge in [-0.1, -0.05) is 13.8 Å². The molecule has 2 rings (SSSR count). The van der Waals surface area contributed by atoms with Gasteiger partial charge in [-0.15, -0.1) is 0 Å². The maximum absolute atomic E-state index is 13.2. The van der Waals surface area contributed by atoms with E-state index in [1.54, 1.807) is 6.07 Å². The van der Waals surface area contributed by atoms with E-state index >= 15 is 0 Å². The second-order valence-electron chi connectivity index (χ2n) is 4.91. The third-order valence-corrected chi connectivity index (χ3v) is 3.11. The van der Waals surface area contributed by atoms with Crippen molar-refractivity contribution in [1.29, 1.82) is 0 Å². The molecule has 0 saturated heterocycles. The zero-order valence-electron chi connectivity index (χ0n) is 12.1. The van der Waals surface area contributed by atoms with E-state index in [1.165, 1.54) is 12.1 Å². The van der Waals surface area contributed by atoms with Crippen LogP contribution in [0.15, 0.2) is 28.7 Å². The van der Waals surface area contributed by atoms with Crippen molar-refractivity contribution in [2.24, 2.45) is 0 Å². The highest BCUT2D eigenvalue weighted by Crippen LogP contribution is 2.25. The normalized spacial score (nSPS) is 12.9. The summed E-state index contributed by atoms with van der Waals surface area (Å²) in [6, 6.07) is 6.47. The molecule has 1 aromatic carbocycles. The van der Waals surface area contributed by atoms with E-state index in [0.717, 1.165) is 37.1 Å². The second-order valence-corrected chi connectivity index (χ2v) is 4.91. The van der Waals surface area contributed by atoms with Crippen molar-refractivity contribution < 1.29 is 13.5 Å². The molecule has 0 amide bonds. The summed E-state index contributed by atoms with van der Waals surface area (Å²) in [6.45, 7) is 6.39. The summed E-state index contributed by atoms with van der Waals surface area (Å²) in [5, 5.41) is 4.20. The van der Waals surface area contributed by atoms with Crippen molar-refractivity contribution in [1.82, 2.24) is 5.32 Å². The minimum atomic E-state index is -0.245. The fraction of sp³-hybridized carbons (Fsp3) is 0.500. The van der Waals surface area contributed by atoms with Gasteiger partial charge < -0.3 is 14.5 Å². The van der Waals surface area contributed by atoms with Crippen LogP contribution in [0.5, 0.6) is 0 Å². The number of hydrogen-bond acceptors (Lipinski definition) is 3. The van der Waals surface area contributed by atoms with Gasteiger partial charge in [0.15, 0.2) is 0 Å². The number of hydrogen-bond donors (Lipinski definition) is 1. The first-order chi connectivity index (χ1) is 9.74. The van der Waals surface area contributed by atoms with E-state index in [1.807, 2.05) is 6.07 Å². The van der Waals surface area contributed by atoms with E-state index in [0.29, 0.717) is 12.2 Å². The van der Waals surface area contributed by atoms with Crippen LogP contribution < -0.4 is 5.32 Å². The molecule has 2 aromatic rings. The van der Waals surface area contributed by atoms with Crippen LogP contribution in [0.4, 0.5) is 4.39 Å². The van der Waals surface area contributed by atoms with Gasteiger partial charge in [0.2, 0.25) is 0 Å². The number of furan rings is 1. The van der Waals surface area contributed by atoms with Gasteiger partial charge in [0.05, 0.1) is 12.6 Å². The number of rotatable bonds is 8. The van der Waals surface area contributed by atoms with E-state index < -0.39 is 0 Å². The quantitative estimate of drug-likeness (QED) is 0.741. The smallest absolute Gasteiger partial charge is 0.134 e. The van der Waals surface area contributed by atoms with Crippen LogP contribution in [0.1, 0.15) is 38.5 Å². The van der Waals surface area contributed by atoms with Crippen LogP contribution in [0.25, 0.3) is 11.0 Å². The third kappa shape index (κ3) is 3.81. The number of ether oxygens (including phenoxy) is 1. The molecule has 0 saturated carbocycles. The Bertz CT molecular complexity index is 538. The maximum atomic E-state index is 13.2. The average Bonchev–Trinajstić information content (AvgIpc) is 2.85. The van der Waals surface area contributed by atoms with Crippen molar-refractivity contribution >= 4 is 11.0 Å². The average molecular weight is 279 g/mol. The minimum absolute atomic E-state index is 0.0111. The van der Waals surface area contributed by atoms with Crippen molar-refractivity contribution in [2.75, 3.05) is 19.8 Å². The lowest BCUT2D eigenvalue weighted by molar-refractivity contribution is 0.106. The number of nitrogens with one attached hydrogen (secondary N) is 1. The Morgan fingerprint density at radius 2 is 2.10 bits per heavy atom. The molecule has 1 aromatic heterocycles. The van der Waals surface area contributed by atoms with E-state index in [9.17, 15) is 4.39 Å². The standard InChI is InChI=1S/C16H22FNO2/c1-3-7-18-14(11-19-8-4-2)16-10-12-9-13(17)5-6-15(12)20-16/h5-6,9-10,14,18H,3-4,7-8,11H2,1-2H3. The molecule has 3 nitrogen and oxygen atoms in total. The first-order valence-corrected chi connectivity index (χ1v) is 7.24. The highest BCUT2D eigenvalue weighted by Gasteiger charge is 2.16. The summed E-state index contributed by atoms with van der Waals surface area (Å²) in [4.78, 5) is 0. The summed E-state index contributed by atoms with van der Waals surface area (Å²) < 4.78 is 24.6. The van der Waals surface area contributed by atoms with E-state index in [-0.39, 0.29) is 11.9 Å². The summed E-state index contributed by atoms with van der Waals surface area (Å²) in [5.74, 6) is 0.556. The fourth-order valence-electron chi connectivity index (χ4n) is 2.11. The van der Waals surface area contributed by atoms with Crippen LogP contribution in [0.2, 0.25) is 0 Å². The first kappa shape index (κ1) is 15.0. The van der Waals surface area contributed by atoms with Gasteiger partial charge >= 0.3 is 0 Å². The molecule has 4 heteroatoms. The molecule has 1 unspecified atom stereocenters. The Hall–Kier alpha value is -1.39. The largest absolute Gasteiger partial charge is 0.459 e. The Balaban J connectivity index is 2.15. The van der Waals surface area contributed by atoms with Crippen LogP contribution in [0.3, 0.4) is 0 Å². The Kier molecular flexibility index (Phi) is 5.56. The Labute approximate surface area is 119 Å². The Morgan fingerprint density at radius 1 is 1.25 bits per heavy atom. The molecular weight excluding hydrogens is 257 g/mol. The summed E-state index contributed by atoms with van der Waals surface area (Å²) in [6.07, 6.45) is 2.03. The lowest BCUT2D eigenvalue weighted by Gasteiger charge is -2.16. The predicted molar refractivity (Wildman–Crippen MR) is 78.3 cm³/mol. The monoisotopic (exact) mass is 279 g/mol. The van der Waals surface area contributed by atoms with Gasteiger partial charge in [-0.2, -0.15) is 0 Å². The molecule has 1 heterocycles. The highest BCUT2D eigenvalue weighted by molar-refractivity contribution is 5.78. The number of benzene rings is 1. The van der Waals surface area contributed by atoms with Crippen LogP contribution in [-0.2, 0) is 4.74 Å². The van der Waals surface area contributed by atoms with Crippen LogP contribution in [-0.4, -0.2) is 19.8 Å². The van der Waals surface area contributed by atoms with Crippen molar-refractivity contribution in [3.8, 4) is 0 Å². The SMILES string of the molecule is CCCNC(COCCC)c1cc2cc(F)ccc2o1. The summed E-state index contributed by atoms with van der Waals surface area (Å²) >= 11 is 0. The lowest BCUT2D eigenvalue weighted by atomic mass is 10.2. The Morgan fingerprint density at radius 3 is 2.85 bits per heavy atom. The molecule has 0 spiro atoms. The molecule has 0 aliphatic rings. The molecular formula is C16H22FNO2.